The van der Waals surface area contributed by atoms with E-state index in [1.807, 2.05) is 11.3 Å². The topological polar surface area (TPSA) is 15.7 Å². The number of hydrogen-bond acceptors (Lipinski definition) is 4. The van der Waals surface area contributed by atoms with E-state index in [4.69, 9.17) is 4.74 Å². The largest absolute Gasteiger partial charge is 0.381 e. The van der Waals surface area contributed by atoms with Crippen LogP contribution in [0.4, 0.5) is 0 Å². The number of aryl methyl sites for hydroxylation is 1. The van der Waals surface area contributed by atoms with Crippen molar-refractivity contribution in [3.8, 4) is 0 Å². The van der Waals surface area contributed by atoms with Gasteiger partial charge in [0.15, 0.2) is 0 Å². The lowest BCUT2D eigenvalue weighted by atomic mass is 10.1. The fraction of sp³-hybridized carbons (Fsp3) is 0.733. The van der Waals surface area contributed by atoms with Crippen LogP contribution in [0.3, 0.4) is 0 Å². The molecule has 0 amide bonds. The number of likely N-dealkylation sites (N-methyl/N-ethyl adjacent to an activating group) is 1. The molecule has 1 aromatic rings. The van der Waals surface area contributed by atoms with Gasteiger partial charge >= 0.3 is 0 Å². The van der Waals surface area contributed by atoms with Crippen LogP contribution in [0.2, 0.25) is 0 Å². The van der Waals surface area contributed by atoms with Gasteiger partial charge in [0, 0.05) is 42.5 Å². The van der Waals surface area contributed by atoms with Crippen molar-refractivity contribution in [2.24, 2.45) is 5.92 Å². The molecule has 0 radical (unpaired) electrons. The average Bonchev–Trinajstić information content (AvgIpc) is 2.98. The predicted molar refractivity (Wildman–Crippen MR) is 81.8 cm³/mol. The number of nitrogens with zero attached hydrogens (tertiary/aromatic N) is 2. The highest BCUT2D eigenvalue weighted by molar-refractivity contribution is 7.11. The van der Waals surface area contributed by atoms with Crippen LogP contribution in [-0.2, 0) is 11.3 Å². The Morgan fingerprint density at radius 1 is 1.32 bits per heavy atom. The number of hydrogen-bond donors (Lipinski definition) is 0. The zero-order valence-electron chi connectivity index (χ0n) is 12.4. The lowest BCUT2D eigenvalue weighted by Crippen LogP contribution is -2.35. The summed E-state index contributed by atoms with van der Waals surface area (Å²) in [6.45, 7) is 8.60. The van der Waals surface area contributed by atoms with Gasteiger partial charge < -0.3 is 9.64 Å². The Bertz CT molecular complexity index is 372. The molecule has 2 heterocycles. The molecule has 0 aromatic carbocycles. The number of ether oxygens (including phenoxy) is 1. The summed E-state index contributed by atoms with van der Waals surface area (Å²) < 4.78 is 5.50. The third-order valence-electron chi connectivity index (χ3n) is 3.58. The Labute approximate surface area is 121 Å². The first-order valence-electron chi connectivity index (χ1n) is 7.13. The lowest BCUT2D eigenvalue weighted by Gasteiger charge is -2.26. The minimum Gasteiger partial charge on any atom is -0.381 e. The molecule has 1 aliphatic heterocycles. The Morgan fingerprint density at radius 3 is 2.74 bits per heavy atom. The summed E-state index contributed by atoms with van der Waals surface area (Å²) in [5.41, 5.74) is 0. The highest BCUT2D eigenvalue weighted by Crippen LogP contribution is 2.20. The summed E-state index contributed by atoms with van der Waals surface area (Å²) in [5.74, 6) is 0.725. The Morgan fingerprint density at radius 2 is 2.16 bits per heavy atom. The molecule has 0 N–H and O–H groups in total. The maximum atomic E-state index is 5.50. The van der Waals surface area contributed by atoms with Gasteiger partial charge in [-0.3, -0.25) is 4.90 Å². The first kappa shape index (κ1) is 15.0. The fourth-order valence-electron chi connectivity index (χ4n) is 2.46. The molecular weight excluding hydrogens is 256 g/mol. The van der Waals surface area contributed by atoms with E-state index in [2.05, 4.69) is 43.0 Å². The molecule has 3 nitrogen and oxygen atoms in total. The summed E-state index contributed by atoms with van der Waals surface area (Å²) in [4.78, 5) is 7.74. The van der Waals surface area contributed by atoms with Crippen LogP contribution in [0.5, 0.6) is 0 Å². The van der Waals surface area contributed by atoms with Gasteiger partial charge in [0.25, 0.3) is 0 Å². The first-order valence-corrected chi connectivity index (χ1v) is 7.95. The highest BCUT2D eigenvalue weighted by Gasteiger charge is 2.19. The normalized spacial score (nSPS) is 19.7. The van der Waals surface area contributed by atoms with Gasteiger partial charge in [-0.05, 0) is 45.5 Å². The Balaban J connectivity index is 1.88. The second-order valence-corrected chi connectivity index (χ2v) is 7.15. The van der Waals surface area contributed by atoms with Crippen molar-refractivity contribution in [3.05, 3.63) is 21.9 Å². The van der Waals surface area contributed by atoms with Crippen LogP contribution < -0.4 is 0 Å². The molecule has 0 saturated carbocycles. The van der Waals surface area contributed by atoms with E-state index >= 15 is 0 Å². The molecule has 0 aliphatic carbocycles. The van der Waals surface area contributed by atoms with E-state index in [1.165, 1.54) is 22.7 Å². The van der Waals surface area contributed by atoms with Gasteiger partial charge in [0.05, 0.1) is 6.61 Å². The van der Waals surface area contributed by atoms with Crippen molar-refractivity contribution in [3.63, 3.8) is 0 Å². The van der Waals surface area contributed by atoms with Crippen LogP contribution >= 0.6 is 11.3 Å². The smallest absolute Gasteiger partial charge is 0.0507 e. The van der Waals surface area contributed by atoms with E-state index < -0.39 is 0 Å². The summed E-state index contributed by atoms with van der Waals surface area (Å²) in [6, 6.07) is 4.50. The van der Waals surface area contributed by atoms with Gasteiger partial charge in [-0.2, -0.15) is 0 Å². The van der Waals surface area contributed by atoms with E-state index in [0.717, 1.165) is 38.8 Å². The maximum Gasteiger partial charge on any atom is 0.0507 e. The molecule has 1 aromatic heterocycles. The summed E-state index contributed by atoms with van der Waals surface area (Å²) in [6.07, 6.45) is 1.22. The van der Waals surface area contributed by atoms with Crippen LogP contribution in [0.1, 0.15) is 16.2 Å². The summed E-state index contributed by atoms with van der Waals surface area (Å²) >= 11 is 1.92. The van der Waals surface area contributed by atoms with E-state index in [0.29, 0.717) is 0 Å². The van der Waals surface area contributed by atoms with E-state index in [9.17, 15) is 0 Å². The fourth-order valence-corrected chi connectivity index (χ4v) is 3.39. The van der Waals surface area contributed by atoms with Gasteiger partial charge in [-0.15, -0.1) is 11.3 Å². The molecule has 1 atom stereocenters. The van der Waals surface area contributed by atoms with Crippen molar-refractivity contribution in [2.45, 2.75) is 19.9 Å². The van der Waals surface area contributed by atoms with Crippen molar-refractivity contribution in [2.75, 3.05) is 46.9 Å². The summed E-state index contributed by atoms with van der Waals surface area (Å²) in [7, 11) is 4.29. The van der Waals surface area contributed by atoms with Crippen LogP contribution in [-0.4, -0.2) is 56.7 Å². The second kappa shape index (κ2) is 7.39. The third kappa shape index (κ3) is 5.22. The van der Waals surface area contributed by atoms with Gasteiger partial charge in [0.1, 0.15) is 0 Å². The Kier molecular flexibility index (Phi) is 5.82. The average molecular weight is 282 g/mol. The van der Waals surface area contributed by atoms with Crippen molar-refractivity contribution in [1.82, 2.24) is 9.80 Å². The van der Waals surface area contributed by atoms with Crippen LogP contribution in [0.25, 0.3) is 0 Å². The highest BCUT2D eigenvalue weighted by atomic mass is 32.1. The molecule has 1 saturated heterocycles. The van der Waals surface area contributed by atoms with E-state index in [1.54, 1.807) is 0 Å². The van der Waals surface area contributed by atoms with Crippen LogP contribution in [0.15, 0.2) is 12.1 Å². The number of rotatable bonds is 7. The SMILES string of the molecule is Cc1ccc(CN(CCN(C)C)C[C@@H]2CCOC2)s1. The monoisotopic (exact) mass is 282 g/mol. The van der Waals surface area contributed by atoms with Gasteiger partial charge in [-0.1, -0.05) is 0 Å². The molecule has 0 unspecified atom stereocenters. The molecule has 1 fully saturated rings. The molecule has 1 aliphatic rings. The van der Waals surface area contributed by atoms with Crippen molar-refractivity contribution >= 4 is 11.3 Å². The van der Waals surface area contributed by atoms with Crippen molar-refractivity contribution in [1.29, 1.82) is 0 Å². The van der Waals surface area contributed by atoms with E-state index in [-0.39, 0.29) is 0 Å². The number of thiophene rings is 1. The maximum absolute atomic E-state index is 5.50. The molecule has 4 heteroatoms. The summed E-state index contributed by atoms with van der Waals surface area (Å²) in [5, 5.41) is 0. The molecular formula is C15H26N2OS. The second-order valence-electron chi connectivity index (χ2n) is 5.78. The quantitative estimate of drug-likeness (QED) is 0.764. The third-order valence-corrected chi connectivity index (χ3v) is 4.56. The minimum absolute atomic E-state index is 0.725. The standard InChI is InChI=1S/C15H26N2OS/c1-13-4-5-15(19-13)11-17(8-7-16(2)3)10-14-6-9-18-12-14/h4-5,14H,6-12H2,1-3H3/t14-/m0/s1. The predicted octanol–water partition coefficient (Wildman–Crippen LogP) is 2.46. The minimum atomic E-state index is 0.725. The van der Waals surface area contributed by atoms with Gasteiger partial charge in [0.2, 0.25) is 0 Å². The Hall–Kier alpha value is -0.420. The lowest BCUT2D eigenvalue weighted by molar-refractivity contribution is 0.160. The first-order chi connectivity index (χ1) is 9.13. The molecule has 19 heavy (non-hydrogen) atoms. The molecule has 0 spiro atoms. The molecule has 108 valence electrons. The van der Waals surface area contributed by atoms with Crippen LogP contribution in [0, 0.1) is 12.8 Å². The zero-order chi connectivity index (χ0) is 13.7. The van der Waals surface area contributed by atoms with Gasteiger partial charge in [-0.25, -0.2) is 0 Å². The molecule has 0 bridgehead atoms. The zero-order valence-corrected chi connectivity index (χ0v) is 13.2. The molecule has 2 rings (SSSR count). The van der Waals surface area contributed by atoms with Crippen molar-refractivity contribution < 1.29 is 4.74 Å².